The van der Waals surface area contributed by atoms with E-state index in [0.717, 1.165) is 23.9 Å². The Hall–Kier alpha value is -1.33. The monoisotopic (exact) mass is 280 g/mol. The molecule has 2 aromatic rings. The van der Waals surface area contributed by atoms with Crippen molar-refractivity contribution in [2.45, 2.75) is 18.2 Å². The normalized spacial score (nSPS) is 12.2. The number of aryl methyl sites for hydroxylation is 1. The Morgan fingerprint density at radius 3 is 2.58 bits per heavy atom. The van der Waals surface area contributed by atoms with Crippen LogP contribution in [0, 0.1) is 6.92 Å². The van der Waals surface area contributed by atoms with Crippen molar-refractivity contribution in [3.05, 3.63) is 29.5 Å². The zero-order valence-corrected chi connectivity index (χ0v) is 12.6. The molecule has 0 saturated heterocycles. The highest BCUT2D eigenvalue weighted by Crippen LogP contribution is 2.27. The van der Waals surface area contributed by atoms with E-state index in [-0.39, 0.29) is 0 Å². The van der Waals surface area contributed by atoms with Crippen LogP contribution in [-0.2, 0) is 23.3 Å². The van der Waals surface area contributed by atoms with Crippen LogP contribution in [0.3, 0.4) is 0 Å². The van der Waals surface area contributed by atoms with E-state index in [2.05, 4.69) is 16.8 Å². The van der Waals surface area contributed by atoms with Crippen LogP contribution in [0.5, 0.6) is 0 Å². The number of aromatic nitrogens is 1. The molecular weight excluding hydrogens is 260 g/mol. The molecule has 104 valence electrons. The second-order valence-corrected chi connectivity index (χ2v) is 6.94. The van der Waals surface area contributed by atoms with Crippen molar-refractivity contribution in [1.82, 2.24) is 9.88 Å². The SMILES string of the molecule is CNCCc1c(C)n(C)c2ccc(S(C)(=O)=O)cc12. The minimum atomic E-state index is -3.16. The molecular formula is C14H20N2O2S. The first-order chi connectivity index (χ1) is 8.86. The Morgan fingerprint density at radius 2 is 2.00 bits per heavy atom. The molecule has 0 aliphatic carbocycles. The number of likely N-dealkylation sites (N-methyl/N-ethyl adjacent to an activating group) is 1. The first kappa shape index (κ1) is 14.1. The van der Waals surface area contributed by atoms with Gasteiger partial charge in [0.05, 0.1) is 4.90 Å². The van der Waals surface area contributed by atoms with Crippen molar-refractivity contribution in [2.24, 2.45) is 7.05 Å². The predicted molar refractivity (Wildman–Crippen MR) is 78.4 cm³/mol. The van der Waals surface area contributed by atoms with Crippen LogP contribution < -0.4 is 5.32 Å². The molecule has 2 rings (SSSR count). The molecule has 0 fully saturated rings. The fourth-order valence-electron chi connectivity index (χ4n) is 2.42. The summed E-state index contributed by atoms with van der Waals surface area (Å²) in [5, 5.41) is 4.17. The van der Waals surface area contributed by atoms with Gasteiger partial charge < -0.3 is 9.88 Å². The second-order valence-electron chi connectivity index (χ2n) is 4.93. The van der Waals surface area contributed by atoms with Crippen LogP contribution >= 0.6 is 0 Å². The number of sulfone groups is 1. The van der Waals surface area contributed by atoms with Gasteiger partial charge in [0.15, 0.2) is 9.84 Å². The van der Waals surface area contributed by atoms with Crippen LogP contribution in [0.4, 0.5) is 0 Å². The lowest BCUT2D eigenvalue weighted by Gasteiger charge is -2.02. The molecule has 5 heteroatoms. The Morgan fingerprint density at radius 1 is 1.32 bits per heavy atom. The standard InChI is InChI=1S/C14H20N2O2S/c1-10-12(7-8-15-2)13-9-11(19(4,17)18)5-6-14(13)16(10)3/h5-6,9,15H,7-8H2,1-4H3. The van der Waals surface area contributed by atoms with E-state index in [1.165, 1.54) is 17.5 Å². The van der Waals surface area contributed by atoms with E-state index in [1.54, 1.807) is 12.1 Å². The molecule has 0 aliphatic heterocycles. The van der Waals surface area contributed by atoms with Crippen molar-refractivity contribution in [3.63, 3.8) is 0 Å². The molecule has 1 aromatic carbocycles. The van der Waals surface area contributed by atoms with Gasteiger partial charge in [-0.15, -0.1) is 0 Å². The van der Waals surface area contributed by atoms with Gasteiger partial charge in [-0.05, 0) is 50.7 Å². The summed E-state index contributed by atoms with van der Waals surface area (Å²) in [6.45, 7) is 2.95. The summed E-state index contributed by atoms with van der Waals surface area (Å²) in [7, 11) is 0.774. The first-order valence-electron chi connectivity index (χ1n) is 6.29. The molecule has 0 radical (unpaired) electrons. The van der Waals surface area contributed by atoms with Crippen molar-refractivity contribution in [3.8, 4) is 0 Å². The van der Waals surface area contributed by atoms with E-state index < -0.39 is 9.84 Å². The molecule has 0 bridgehead atoms. The Labute approximate surface area is 114 Å². The van der Waals surface area contributed by atoms with E-state index >= 15 is 0 Å². The van der Waals surface area contributed by atoms with Crippen molar-refractivity contribution < 1.29 is 8.42 Å². The smallest absolute Gasteiger partial charge is 0.175 e. The minimum absolute atomic E-state index is 0.385. The molecule has 0 atom stereocenters. The van der Waals surface area contributed by atoms with Crippen LogP contribution in [0.2, 0.25) is 0 Å². The largest absolute Gasteiger partial charge is 0.348 e. The molecule has 0 amide bonds. The van der Waals surface area contributed by atoms with Gasteiger partial charge in [0, 0.05) is 29.9 Å². The molecule has 0 saturated carbocycles. The average Bonchev–Trinajstić information content (AvgIpc) is 2.59. The molecule has 4 nitrogen and oxygen atoms in total. The van der Waals surface area contributed by atoms with E-state index in [0.29, 0.717) is 4.90 Å². The van der Waals surface area contributed by atoms with E-state index in [9.17, 15) is 8.42 Å². The Balaban J connectivity index is 2.69. The molecule has 0 unspecified atom stereocenters. The zero-order chi connectivity index (χ0) is 14.2. The molecule has 0 spiro atoms. The Bertz CT molecular complexity index is 715. The fourth-order valence-corrected chi connectivity index (χ4v) is 3.07. The molecule has 19 heavy (non-hydrogen) atoms. The first-order valence-corrected chi connectivity index (χ1v) is 8.18. The van der Waals surface area contributed by atoms with Crippen molar-refractivity contribution in [2.75, 3.05) is 19.8 Å². The topological polar surface area (TPSA) is 51.1 Å². The maximum Gasteiger partial charge on any atom is 0.175 e. The quantitative estimate of drug-likeness (QED) is 0.926. The van der Waals surface area contributed by atoms with Gasteiger partial charge in [0.25, 0.3) is 0 Å². The number of nitrogens with one attached hydrogen (secondary N) is 1. The lowest BCUT2D eigenvalue weighted by Crippen LogP contribution is -2.10. The number of benzene rings is 1. The zero-order valence-electron chi connectivity index (χ0n) is 11.8. The Kier molecular flexibility index (Phi) is 3.69. The third-order valence-electron chi connectivity index (χ3n) is 3.65. The summed E-state index contributed by atoms with van der Waals surface area (Å²) >= 11 is 0. The van der Waals surface area contributed by atoms with Crippen LogP contribution in [0.15, 0.2) is 23.1 Å². The average molecular weight is 280 g/mol. The third kappa shape index (κ3) is 2.53. The number of rotatable bonds is 4. The predicted octanol–water partition coefficient (Wildman–Crippen LogP) is 1.65. The van der Waals surface area contributed by atoms with Gasteiger partial charge in [-0.25, -0.2) is 8.42 Å². The number of hydrogen-bond donors (Lipinski definition) is 1. The third-order valence-corrected chi connectivity index (χ3v) is 4.76. The lowest BCUT2D eigenvalue weighted by molar-refractivity contribution is 0.602. The molecule has 1 heterocycles. The highest BCUT2D eigenvalue weighted by atomic mass is 32.2. The highest BCUT2D eigenvalue weighted by molar-refractivity contribution is 7.90. The lowest BCUT2D eigenvalue weighted by atomic mass is 10.1. The van der Waals surface area contributed by atoms with Crippen molar-refractivity contribution in [1.29, 1.82) is 0 Å². The molecule has 1 N–H and O–H groups in total. The summed E-state index contributed by atoms with van der Waals surface area (Å²) in [5.41, 5.74) is 3.49. The maximum atomic E-state index is 11.7. The van der Waals surface area contributed by atoms with Crippen LogP contribution in [0.25, 0.3) is 10.9 Å². The van der Waals surface area contributed by atoms with E-state index in [4.69, 9.17) is 0 Å². The van der Waals surface area contributed by atoms with Crippen LogP contribution in [0.1, 0.15) is 11.3 Å². The van der Waals surface area contributed by atoms with Crippen LogP contribution in [-0.4, -0.2) is 32.8 Å². The minimum Gasteiger partial charge on any atom is -0.348 e. The number of hydrogen-bond acceptors (Lipinski definition) is 3. The van der Waals surface area contributed by atoms with E-state index in [1.807, 2.05) is 20.2 Å². The van der Waals surface area contributed by atoms with Gasteiger partial charge in [-0.3, -0.25) is 0 Å². The van der Waals surface area contributed by atoms with Gasteiger partial charge in [0.1, 0.15) is 0 Å². The fraction of sp³-hybridized carbons (Fsp3) is 0.429. The van der Waals surface area contributed by atoms with Gasteiger partial charge in [-0.1, -0.05) is 0 Å². The number of fused-ring (bicyclic) bond motifs is 1. The maximum absolute atomic E-state index is 11.7. The van der Waals surface area contributed by atoms with Gasteiger partial charge in [-0.2, -0.15) is 0 Å². The summed E-state index contributed by atoms with van der Waals surface area (Å²) in [4.78, 5) is 0.385. The summed E-state index contributed by atoms with van der Waals surface area (Å²) in [6, 6.07) is 5.36. The van der Waals surface area contributed by atoms with Crippen molar-refractivity contribution >= 4 is 20.7 Å². The van der Waals surface area contributed by atoms with Gasteiger partial charge in [0.2, 0.25) is 0 Å². The summed E-state index contributed by atoms with van der Waals surface area (Å²) in [6.07, 6.45) is 2.14. The number of nitrogens with zero attached hydrogens (tertiary/aromatic N) is 1. The summed E-state index contributed by atoms with van der Waals surface area (Å²) in [5.74, 6) is 0. The van der Waals surface area contributed by atoms with Gasteiger partial charge >= 0.3 is 0 Å². The molecule has 0 aliphatic rings. The second kappa shape index (κ2) is 4.98. The summed E-state index contributed by atoms with van der Waals surface area (Å²) < 4.78 is 25.5. The highest BCUT2D eigenvalue weighted by Gasteiger charge is 2.15. The molecule has 1 aromatic heterocycles.